The van der Waals surface area contributed by atoms with Gasteiger partial charge in [-0.1, -0.05) is 218 Å². The van der Waals surface area contributed by atoms with Crippen LogP contribution in [0.25, 0.3) is 0 Å². The van der Waals surface area contributed by atoms with Crippen molar-refractivity contribution in [1.29, 1.82) is 0 Å². The second-order valence-corrected chi connectivity index (χ2v) is 34.4. The molecule has 0 spiro atoms. The zero-order valence-corrected chi connectivity index (χ0v) is 57.1. The van der Waals surface area contributed by atoms with Gasteiger partial charge in [0.15, 0.2) is 0 Å². The molecular weight excluding hydrogens is 1010 g/mol. The Labute approximate surface area is 525 Å². The van der Waals surface area contributed by atoms with E-state index >= 15 is 0 Å². The first-order valence-corrected chi connectivity index (χ1v) is 40.9. The van der Waals surface area contributed by atoms with E-state index in [0.29, 0.717) is 10.8 Å². The lowest BCUT2D eigenvalue weighted by atomic mass is 9.58. The summed E-state index contributed by atoms with van der Waals surface area (Å²) in [4.78, 5) is 0. The van der Waals surface area contributed by atoms with Gasteiger partial charge in [-0.25, -0.2) is 0 Å². The van der Waals surface area contributed by atoms with Crippen LogP contribution in [-0.4, -0.2) is 0 Å². The lowest BCUT2D eigenvalue weighted by molar-refractivity contribution is 0.0421. The van der Waals surface area contributed by atoms with Crippen molar-refractivity contribution in [1.82, 2.24) is 0 Å². The molecule has 10 unspecified atom stereocenters. The molecule has 0 heterocycles. The van der Waals surface area contributed by atoms with Crippen LogP contribution >= 0.6 is 0 Å². The van der Waals surface area contributed by atoms with Gasteiger partial charge in [0.05, 0.1) is 0 Å². The van der Waals surface area contributed by atoms with Crippen LogP contribution in [0, 0.1) is 117 Å². The molecule has 480 valence electrons. The van der Waals surface area contributed by atoms with Gasteiger partial charge in [0.25, 0.3) is 0 Å². The van der Waals surface area contributed by atoms with Crippen molar-refractivity contribution in [2.75, 3.05) is 0 Å². The van der Waals surface area contributed by atoms with Gasteiger partial charge in [0.2, 0.25) is 0 Å². The Morgan fingerprint density at radius 1 is 0.262 bits per heavy atom. The van der Waals surface area contributed by atoms with Gasteiger partial charge >= 0.3 is 0 Å². The van der Waals surface area contributed by atoms with E-state index in [1.807, 2.05) is 0 Å². The fourth-order valence-electron chi connectivity index (χ4n) is 26.2. The topological polar surface area (TPSA) is 0 Å². The van der Waals surface area contributed by atoms with Crippen molar-refractivity contribution in [2.24, 2.45) is 117 Å². The van der Waals surface area contributed by atoms with Crippen LogP contribution in [0.2, 0.25) is 0 Å². The smallest absolute Gasteiger partial charge is 0.0197 e. The first-order chi connectivity index (χ1) is 41.5. The average molecular weight is 1150 g/mol. The molecule has 0 aromatic carbocycles. The molecule has 11 aliphatic carbocycles. The molecule has 0 amide bonds. The molecule has 11 rings (SSSR count). The molecule has 84 heavy (non-hydrogen) atoms. The number of allylic oxidation sites excluding steroid dienone is 4. The number of hydrogen-bond acceptors (Lipinski definition) is 0. The Bertz CT molecular complexity index is 1750. The van der Waals surface area contributed by atoms with Gasteiger partial charge in [0, 0.05) is 0 Å². The van der Waals surface area contributed by atoms with E-state index in [9.17, 15) is 0 Å². The van der Waals surface area contributed by atoms with Crippen LogP contribution in [0.3, 0.4) is 0 Å². The van der Waals surface area contributed by atoms with Crippen LogP contribution in [-0.2, 0) is 0 Å². The number of fused-ring (bicyclic) bond motifs is 6. The standard InChI is InChI=1S/C84H144/c1-5-9-13-27-55-83(56-28-14-10-6-2)79-37-25-23-35-73(79)75-53-51-71(61-81(75)83)77(69-31-19-17-20-32-69)59-63-39-43-65(44-40-63)67-47-49-68(50-48-67)66-45-41-64(42-46-66)60-78(70-33-21-18-22-34-70)72-52-54-76-74-36-24-26-38-80(74)84(82(76)62-72,57-29-15-11-7-3)58-30-16-12-8-4/h59-60,63-76,79-82H,5-58,61-62H2,1-4H3/b77-59-,78-60-. The summed E-state index contributed by atoms with van der Waals surface area (Å²) in [5.74, 6) is 18.2. The summed E-state index contributed by atoms with van der Waals surface area (Å²) in [6.07, 6.45) is 92.3. The van der Waals surface area contributed by atoms with Gasteiger partial charge in [0.1, 0.15) is 0 Å². The zero-order chi connectivity index (χ0) is 57.6. The Morgan fingerprint density at radius 2 is 0.560 bits per heavy atom. The zero-order valence-electron chi connectivity index (χ0n) is 57.1. The van der Waals surface area contributed by atoms with Crippen LogP contribution in [0.15, 0.2) is 23.3 Å². The Kier molecular flexibility index (Phi) is 25.3. The third-order valence-corrected chi connectivity index (χ3v) is 30.2. The minimum absolute atomic E-state index is 0.682. The molecule has 11 fully saturated rings. The monoisotopic (exact) mass is 1150 g/mol. The van der Waals surface area contributed by atoms with Crippen molar-refractivity contribution < 1.29 is 0 Å². The summed E-state index contributed by atoms with van der Waals surface area (Å²) < 4.78 is 0. The SMILES string of the molecule is CCCCCCC1(CCCCCC)C2CCCCC2C2CCC(/C(=C\C3CCC(C4CCC(C5CCC(/C=C(/C6CCCCC6)C6CCC7C8CCCCC8C(CCCCCC)(CCCCCC)C7C6)CC5)CC4)CC3)C3CCCCC3)CC21. The number of hydrogen-bond donors (Lipinski definition) is 0. The molecule has 0 heteroatoms. The lowest BCUT2D eigenvalue weighted by Crippen LogP contribution is -2.38. The largest absolute Gasteiger partial charge is 0.0817 e. The molecule has 10 atom stereocenters. The van der Waals surface area contributed by atoms with E-state index in [4.69, 9.17) is 0 Å². The first-order valence-electron chi connectivity index (χ1n) is 40.9. The predicted molar refractivity (Wildman–Crippen MR) is 365 cm³/mol. The third-order valence-electron chi connectivity index (χ3n) is 30.2. The molecule has 0 aromatic rings. The van der Waals surface area contributed by atoms with Gasteiger partial charge in [-0.05, 0) is 310 Å². The van der Waals surface area contributed by atoms with Crippen LogP contribution in [0.4, 0.5) is 0 Å². The second kappa shape index (κ2) is 32.7. The van der Waals surface area contributed by atoms with Gasteiger partial charge in [-0.3, -0.25) is 0 Å². The van der Waals surface area contributed by atoms with E-state index in [0.717, 1.165) is 107 Å². The third kappa shape index (κ3) is 15.3. The van der Waals surface area contributed by atoms with E-state index in [2.05, 4.69) is 51.0 Å². The summed E-state index contributed by atoms with van der Waals surface area (Å²) >= 11 is 0. The van der Waals surface area contributed by atoms with Crippen molar-refractivity contribution in [3.8, 4) is 0 Å². The number of unbranched alkanes of at least 4 members (excludes halogenated alkanes) is 12. The fourth-order valence-corrected chi connectivity index (χ4v) is 26.2. The summed E-state index contributed by atoms with van der Waals surface area (Å²) in [5, 5.41) is 0. The van der Waals surface area contributed by atoms with Crippen LogP contribution < -0.4 is 0 Å². The predicted octanol–water partition coefficient (Wildman–Crippen LogP) is 27.0. The molecule has 0 saturated heterocycles. The van der Waals surface area contributed by atoms with Crippen molar-refractivity contribution in [2.45, 2.75) is 387 Å². The quantitative estimate of drug-likeness (QED) is 0.0541. The van der Waals surface area contributed by atoms with E-state index in [-0.39, 0.29) is 0 Å². The summed E-state index contributed by atoms with van der Waals surface area (Å²) in [6, 6.07) is 0. The molecule has 0 aromatic heterocycles. The summed E-state index contributed by atoms with van der Waals surface area (Å²) in [5.41, 5.74) is 5.54. The van der Waals surface area contributed by atoms with E-state index in [1.165, 1.54) is 193 Å². The molecule has 0 nitrogen and oxygen atoms in total. The molecule has 0 aliphatic heterocycles. The molecule has 11 aliphatic rings. The second-order valence-electron chi connectivity index (χ2n) is 34.4. The normalized spacial score (nSPS) is 38.7. The van der Waals surface area contributed by atoms with Gasteiger partial charge in [-0.2, -0.15) is 0 Å². The lowest BCUT2D eigenvalue weighted by Gasteiger charge is -2.47. The molecule has 0 bridgehead atoms. The highest BCUT2D eigenvalue weighted by Gasteiger charge is 2.62. The van der Waals surface area contributed by atoms with Crippen molar-refractivity contribution >= 4 is 0 Å². The van der Waals surface area contributed by atoms with Crippen LogP contribution in [0.1, 0.15) is 387 Å². The van der Waals surface area contributed by atoms with E-state index < -0.39 is 0 Å². The minimum Gasteiger partial charge on any atom is -0.0817 e. The molecule has 0 N–H and O–H groups in total. The Hall–Kier alpha value is -0.520. The Morgan fingerprint density at radius 3 is 0.893 bits per heavy atom. The Balaban J connectivity index is 0.698. The first kappa shape index (κ1) is 65.0. The minimum atomic E-state index is 0.682. The van der Waals surface area contributed by atoms with Gasteiger partial charge < -0.3 is 0 Å². The van der Waals surface area contributed by atoms with Gasteiger partial charge in [-0.15, -0.1) is 0 Å². The van der Waals surface area contributed by atoms with Crippen molar-refractivity contribution in [3.63, 3.8) is 0 Å². The fraction of sp³-hybridized carbons (Fsp3) is 0.952. The molecule has 0 radical (unpaired) electrons. The maximum absolute atomic E-state index is 3.12. The molecular formula is C84H144. The summed E-state index contributed by atoms with van der Waals surface area (Å²) in [7, 11) is 0. The highest BCUT2D eigenvalue weighted by molar-refractivity contribution is 5.21. The highest BCUT2D eigenvalue weighted by atomic mass is 14.7. The van der Waals surface area contributed by atoms with E-state index in [1.54, 1.807) is 167 Å². The maximum atomic E-state index is 3.12. The average Bonchev–Trinajstić information content (AvgIpc) is 2.06. The number of rotatable bonds is 28. The van der Waals surface area contributed by atoms with Crippen molar-refractivity contribution in [3.05, 3.63) is 23.3 Å². The maximum Gasteiger partial charge on any atom is -0.0197 e. The van der Waals surface area contributed by atoms with Crippen LogP contribution in [0.5, 0.6) is 0 Å². The summed E-state index contributed by atoms with van der Waals surface area (Å²) in [6.45, 7) is 9.75. The molecule has 11 saturated carbocycles. The highest BCUT2D eigenvalue weighted by Crippen LogP contribution is 2.70.